The van der Waals surface area contributed by atoms with Crippen molar-refractivity contribution in [2.75, 3.05) is 6.61 Å². The van der Waals surface area contributed by atoms with Crippen LogP contribution in [0.3, 0.4) is 0 Å². The molecule has 1 aliphatic carbocycles. The molecule has 2 atom stereocenters. The van der Waals surface area contributed by atoms with E-state index in [0.717, 1.165) is 25.2 Å². The van der Waals surface area contributed by atoms with Crippen molar-refractivity contribution in [1.82, 2.24) is 0 Å². The molecule has 2 nitrogen and oxygen atoms in total. The van der Waals surface area contributed by atoms with Crippen LogP contribution >= 0.6 is 0 Å². The van der Waals surface area contributed by atoms with Gasteiger partial charge >= 0.3 is 0 Å². The van der Waals surface area contributed by atoms with E-state index in [1.807, 2.05) is 0 Å². The Bertz CT molecular complexity index is 199. The van der Waals surface area contributed by atoms with Crippen LogP contribution in [-0.4, -0.2) is 23.9 Å². The van der Waals surface area contributed by atoms with Crippen LogP contribution in [0.2, 0.25) is 0 Å². The van der Waals surface area contributed by atoms with Gasteiger partial charge in [-0.15, -0.1) is 0 Å². The summed E-state index contributed by atoms with van der Waals surface area (Å²) in [5.41, 5.74) is 0. The van der Waals surface area contributed by atoms with Crippen molar-refractivity contribution in [2.45, 2.75) is 82.8 Å². The Morgan fingerprint density at radius 3 is 2.47 bits per heavy atom. The third-order valence-electron chi connectivity index (χ3n) is 4.49. The third-order valence-corrected chi connectivity index (χ3v) is 4.49. The number of aliphatic hydroxyl groups excluding tert-OH is 1. The smallest absolute Gasteiger partial charge is 0.0607 e. The van der Waals surface area contributed by atoms with Crippen molar-refractivity contribution in [2.24, 2.45) is 5.92 Å². The first-order valence-electron chi connectivity index (χ1n) is 7.66. The standard InChI is InChI=1S/C15H28O2/c16-12-5-4-9-14-10-6-11-15(17-14)13-7-2-1-3-8-13/h13-16H,1-12H2/t14?,15-/m1/s1. The maximum absolute atomic E-state index is 8.81. The summed E-state index contributed by atoms with van der Waals surface area (Å²) in [6.07, 6.45) is 15.2. The first-order valence-corrected chi connectivity index (χ1v) is 7.66. The summed E-state index contributed by atoms with van der Waals surface area (Å²) in [6.45, 7) is 0.332. The zero-order chi connectivity index (χ0) is 11.9. The number of rotatable bonds is 5. The zero-order valence-corrected chi connectivity index (χ0v) is 11.1. The zero-order valence-electron chi connectivity index (χ0n) is 11.1. The molecule has 0 aromatic rings. The molecule has 1 heterocycles. The van der Waals surface area contributed by atoms with E-state index >= 15 is 0 Å². The van der Waals surface area contributed by atoms with Gasteiger partial charge in [0.05, 0.1) is 12.2 Å². The molecule has 100 valence electrons. The van der Waals surface area contributed by atoms with Crippen LogP contribution in [0.15, 0.2) is 0 Å². The van der Waals surface area contributed by atoms with Crippen molar-refractivity contribution >= 4 is 0 Å². The van der Waals surface area contributed by atoms with Gasteiger partial charge in [-0.2, -0.15) is 0 Å². The minimum Gasteiger partial charge on any atom is -0.396 e. The molecule has 0 bridgehead atoms. The molecule has 0 radical (unpaired) electrons. The lowest BCUT2D eigenvalue weighted by molar-refractivity contribution is -0.0871. The number of hydrogen-bond acceptors (Lipinski definition) is 2. The Labute approximate surface area is 106 Å². The minimum atomic E-state index is 0.332. The summed E-state index contributed by atoms with van der Waals surface area (Å²) in [6, 6.07) is 0. The summed E-state index contributed by atoms with van der Waals surface area (Å²) in [4.78, 5) is 0. The van der Waals surface area contributed by atoms with E-state index in [1.165, 1.54) is 51.4 Å². The van der Waals surface area contributed by atoms with Crippen molar-refractivity contribution in [3.63, 3.8) is 0 Å². The lowest BCUT2D eigenvalue weighted by Crippen LogP contribution is -2.34. The molecule has 1 saturated heterocycles. The van der Waals surface area contributed by atoms with Gasteiger partial charge in [0, 0.05) is 6.61 Å². The molecule has 2 fully saturated rings. The summed E-state index contributed by atoms with van der Waals surface area (Å²) >= 11 is 0. The minimum absolute atomic E-state index is 0.332. The monoisotopic (exact) mass is 240 g/mol. The van der Waals surface area contributed by atoms with Crippen LogP contribution in [0.5, 0.6) is 0 Å². The molecule has 2 heteroatoms. The highest BCUT2D eigenvalue weighted by atomic mass is 16.5. The Morgan fingerprint density at radius 1 is 0.882 bits per heavy atom. The molecule has 17 heavy (non-hydrogen) atoms. The second-order valence-corrected chi connectivity index (χ2v) is 5.84. The quantitative estimate of drug-likeness (QED) is 0.743. The molecule has 2 aliphatic rings. The Morgan fingerprint density at radius 2 is 1.71 bits per heavy atom. The van der Waals surface area contributed by atoms with Gasteiger partial charge in [-0.25, -0.2) is 0 Å². The maximum Gasteiger partial charge on any atom is 0.0607 e. The summed E-state index contributed by atoms with van der Waals surface area (Å²) in [5, 5.41) is 8.81. The topological polar surface area (TPSA) is 29.5 Å². The summed E-state index contributed by atoms with van der Waals surface area (Å²) in [7, 11) is 0. The van der Waals surface area contributed by atoms with E-state index in [9.17, 15) is 0 Å². The normalized spacial score (nSPS) is 31.6. The molecule has 1 saturated carbocycles. The fourth-order valence-electron chi connectivity index (χ4n) is 3.48. The average molecular weight is 240 g/mol. The van der Waals surface area contributed by atoms with E-state index < -0.39 is 0 Å². The van der Waals surface area contributed by atoms with Crippen molar-refractivity contribution < 1.29 is 9.84 Å². The van der Waals surface area contributed by atoms with Crippen molar-refractivity contribution in [3.05, 3.63) is 0 Å². The van der Waals surface area contributed by atoms with Crippen molar-refractivity contribution in [3.8, 4) is 0 Å². The third kappa shape index (κ3) is 4.26. The molecule has 1 N–H and O–H groups in total. The SMILES string of the molecule is OCCCCC1CCC[C@H](C2CCCCC2)O1. The largest absolute Gasteiger partial charge is 0.396 e. The predicted octanol–water partition coefficient (Wildman–Crippen LogP) is 3.67. The van der Waals surface area contributed by atoms with Gasteiger partial charge in [0.25, 0.3) is 0 Å². The molecule has 0 aromatic heterocycles. The Hall–Kier alpha value is -0.0800. The number of hydrogen-bond donors (Lipinski definition) is 1. The van der Waals surface area contributed by atoms with Crippen LogP contribution in [0.4, 0.5) is 0 Å². The van der Waals surface area contributed by atoms with Crippen LogP contribution in [0, 0.1) is 5.92 Å². The molecular weight excluding hydrogens is 212 g/mol. The van der Waals surface area contributed by atoms with Gasteiger partial charge in [0.2, 0.25) is 0 Å². The van der Waals surface area contributed by atoms with Crippen LogP contribution in [-0.2, 0) is 4.74 Å². The first kappa shape index (κ1) is 13.4. The predicted molar refractivity (Wildman–Crippen MR) is 70.0 cm³/mol. The van der Waals surface area contributed by atoms with Crippen LogP contribution < -0.4 is 0 Å². The van der Waals surface area contributed by atoms with E-state index in [4.69, 9.17) is 9.84 Å². The van der Waals surface area contributed by atoms with Gasteiger partial charge < -0.3 is 9.84 Å². The number of ether oxygens (including phenoxy) is 1. The fraction of sp³-hybridized carbons (Fsp3) is 1.00. The van der Waals surface area contributed by atoms with Gasteiger partial charge in [0.15, 0.2) is 0 Å². The second-order valence-electron chi connectivity index (χ2n) is 5.84. The Kier molecular flexibility index (Phi) is 5.79. The number of aliphatic hydroxyl groups is 1. The first-order chi connectivity index (χ1) is 8.40. The highest BCUT2D eigenvalue weighted by Crippen LogP contribution is 2.34. The fourth-order valence-corrected chi connectivity index (χ4v) is 3.48. The van der Waals surface area contributed by atoms with E-state index in [-0.39, 0.29) is 0 Å². The average Bonchev–Trinajstić information content (AvgIpc) is 2.41. The van der Waals surface area contributed by atoms with Crippen molar-refractivity contribution in [1.29, 1.82) is 0 Å². The van der Waals surface area contributed by atoms with Gasteiger partial charge in [0.1, 0.15) is 0 Å². The molecule has 0 amide bonds. The molecular formula is C15H28O2. The molecule has 1 aliphatic heterocycles. The van der Waals surface area contributed by atoms with Gasteiger partial charge in [-0.3, -0.25) is 0 Å². The van der Waals surface area contributed by atoms with E-state index in [0.29, 0.717) is 18.8 Å². The molecule has 2 rings (SSSR count). The Balaban J connectivity index is 1.71. The molecule has 1 unspecified atom stereocenters. The lowest BCUT2D eigenvalue weighted by Gasteiger charge is -2.37. The highest BCUT2D eigenvalue weighted by Gasteiger charge is 2.29. The van der Waals surface area contributed by atoms with Gasteiger partial charge in [-0.1, -0.05) is 19.3 Å². The van der Waals surface area contributed by atoms with Gasteiger partial charge in [-0.05, 0) is 57.3 Å². The highest BCUT2D eigenvalue weighted by molar-refractivity contribution is 4.79. The van der Waals surface area contributed by atoms with E-state index in [1.54, 1.807) is 0 Å². The van der Waals surface area contributed by atoms with E-state index in [2.05, 4.69) is 0 Å². The number of unbranched alkanes of at least 4 members (excludes halogenated alkanes) is 1. The molecule has 0 aromatic carbocycles. The molecule has 0 spiro atoms. The summed E-state index contributed by atoms with van der Waals surface area (Å²) < 4.78 is 6.29. The summed E-state index contributed by atoms with van der Waals surface area (Å²) in [5.74, 6) is 0.851. The lowest BCUT2D eigenvalue weighted by atomic mass is 9.82. The maximum atomic E-state index is 8.81. The van der Waals surface area contributed by atoms with Crippen LogP contribution in [0.25, 0.3) is 0 Å². The second kappa shape index (κ2) is 7.38. The van der Waals surface area contributed by atoms with Crippen LogP contribution in [0.1, 0.15) is 70.6 Å².